The number of nitrogens with two attached hydrogens (primary N) is 2. The number of β-amino-alcohol motifs (C(OH)–C–C–N with tert-alkyl or cyclic N) is 1. The number of nitrogens with zero attached hydrogens (tertiary/aromatic N) is 2. The van der Waals surface area contributed by atoms with Crippen LogP contribution in [0.1, 0.15) is 17.3 Å². The number of aliphatic hydroxyl groups is 1. The van der Waals surface area contributed by atoms with E-state index in [-0.39, 0.29) is 6.17 Å². The second kappa shape index (κ2) is 5.79. The van der Waals surface area contributed by atoms with Crippen molar-refractivity contribution in [2.45, 2.75) is 12.4 Å². The Morgan fingerprint density at radius 2 is 2.22 bits per heavy atom. The predicted molar refractivity (Wildman–Crippen MR) is 73.2 cm³/mol. The van der Waals surface area contributed by atoms with Crippen molar-refractivity contribution in [2.75, 3.05) is 6.54 Å². The molecule has 7 heteroatoms. The number of aliphatic hydroxyl groups excluding tert-OH is 1. The molecule has 2 unspecified atom stereocenters. The lowest BCUT2D eigenvalue weighted by molar-refractivity contribution is 0.0631. The molecular formula is C11H16BrN5O. The van der Waals surface area contributed by atoms with Gasteiger partial charge in [-0.3, -0.25) is 11.7 Å². The quantitative estimate of drug-likeness (QED) is 0.275. The summed E-state index contributed by atoms with van der Waals surface area (Å²) in [4.78, 5) is 1.89. The van der Waals surface area contributed by atoms with E-state index >= 15 is 0 Å². The zero-order valence-corrected chi connectivity index (χ0v) is 11.3. The molecule has 98 valence electrons. The molecule has 0 saturated heterocycles. The summed E-state index contributed by atoms with van der Waals surface area (Å²) in [6.45, 7) is 0.325. The number of hydrogen-bond donors (Lipinski definition) is 4. The summed E-state index contributed by atoms with van der Waals surface area (Å²) < 4.78 is 1.43. The Kier molecular flexibility index (Phi) is 4.33. The van der Waals surface area contributed by atoms with Crippen molar-refractivity contribution in [2.24, 2.45) is 11.7 Å². The van der Waals surface area contributed by atoms with Crippen molar-refractivity contribution in [3.63, 3.8) is 0 Å². The van der Waals surface area contributed by atoms with Gasteiger partial charge in [-0.2, -0.15) is 4.03 Å². The first-order valence-electron chi connectivity index (χ1n) is 5.50. The Labute approximate surface area is 114 Å². The summed E-state index contributed by atoms with van der Waals surface area (Å²) in [5, 5.41) is 9.57. The normalized spacial score (nSPS) is 20.1. The molecule has 0 bridgehead atoms. The van der Waals surface area contributed by atoms with Gasteiger partial charge in [-0.25, -0.2) is 5.43 Å². The van der Waals surface area contributed by atoms with Crippen molar-refractivity contribution in [1.29, 1.82) is 0 Å². The van der Waals surface area contributed by atoms with E-state index < -0.39 is 6.23 Å². The van der Waals surface area contributed by atoms with Gasteiger partial charge in [0, 0.05) is 22.3 Å². The standard InChI is InChI=1S/C11H16BrN5O/c12-17(14)11-9-4-2-1-3-8(9)5-6-16(11)7-10(18)15-13/h1-6,10-11,15,18H,7,13-14H2. The SMILES string of the molecule is NNC(O)CN1C=Cc2ccccc2C1N(N)Br. The lowest BCUT2D eigenvalue weighted by Crippen LogP contribution is -2.47. The summed E-state index contributed by atoms with van der Waals surface area (Å²) in [5.41, 5.74) is 4.46. The second-order valence-electron chi connectivity index (χ2n) is 4.04. The van der Waals surface area contributed by atoms with E-state index in [1.165, 1.54) is 4.03 Å². The maximum absolute atomic E-state index is 9.57. The van der Waals surface area contributed by atoms with Gasteiger partial charge in [0.15, 0.2) is 0 Å². The molecule has 2 rings (SSSR count). The summed E-state index contributed by atoms with van der Waals surface area (Å²) in [5.74, 6) is 11.0. The average Bonchev–Trinajstić information content (AvgIpc) is 2.37. The van der Waals surface area contributed by atoms with Gasteiger partial charge in [0.25, 0.3) is 0 Å². The van der Waals surface area contributed by atoms with Crippen LogP contribution in [0.3, 0.4) is 0 Å². The number of rotatable bonds is 4. The van der Waals surface area contributed by atoms with Gasteiger partial charge < -0.3 is 10.0 Å². The molecule has 1 aromatic carbocycles. The van der Waals surface area contributed by atoms with E-state index in [2.05, 4.69) is 21.6 Å². The highest BCUT2D eigenvalue weighted by Gasteiger charge is 2.27. The van der Waals surface area contributed by atoms with Crippen molar-refractivity contribution in [3.8, 4) is 0 Å². The molecule has 6 N–H and O–H groups in total. The fraction of sp³-hybridized carbons (Fsp3) is 0.273. The van der Waals surface area contributed by atoms with Gasteiger partial charge in [0.2, 0.25) is 0 Å². The first-order chi connectivity index (χ1) is 8.63. The minimum absolute atomic E-state index is 0.200. The maximum Gasteiger partial charge on any atom is 0.134 e. The Balaban J connectivity index is 2.29. The molecule has 0 spiro atoms. The Morgan fingerprint density at radius 3 is 2.89 bits per heavy atom. The third-order valence-corrected chi connectivity index (χ3v) is 3.23. The van der Waals surface area contributed by atoms with Gasteiger partial charge in [-0.1, -0.05) is 24.3 Å². The van der Waals surface area contributed by atoms with E-state index in [0.29, 0.717) is 6.54 Å². The maximum atomic E-state index is 9.57. The van der Waals surface area contributed by atoms with E-state index in [1.54, 1.807) is 0 Å². The van der Waals surface area contributed by atoms with E-state index in [0.717, 1.165) is 11.1 Å². The van der Waals surface area contributed by atoms with Gasteiger partial charge >= 0.3 is 0 Å². The number of fused-ring (bicyclic) bond motifs is 1. The number of benzene rings is 1. The molecule has 6 nitrogen and oxygen atoms in total. The molecule has 0 amide bonds. The van der Waals surface area contributed by atoms with Gasteiger partial charge in [-0.15, -0.1) is 0 Å². The van der Waals surface area contributed by atoms with Crippen molar-refractivity contribution >= 4 is 22.2 Å². The topological polar surface area (TPSA) is 90.8 Å². The molecule has 0 aromatic heterocycles. The largest absolute Gasteiger partial charge is 0.375 e. The average molecular weight is 314 g/mol. The van der Waals surface area contributed by atoms with Crippen LogP contribution in [0.25, 0.3) is 6.08 Å². The molecule has 0 fully saturated rings. The highest BCUT2D eigenvalue weighted by molar-refractivity contribution is 9.07. The summed E-state index contributed by atoms with van der Waals surface area (Å²) in [6.07, 6.45) is 2.84. The van der Waals surface area contributed by atoms with E-state index in [9.17, 15) is 5.11 Å². The molecule has 0 radical (unpaired) electrons. The first kappa shape index (κ1) is 13.5. The van der Waals surface area contributed by atoms with Crippen molar-refractivity contribution < 1.29 is 5.11 Å². The summed E-state index contributed by atoms with van der Waals surface area (Å²) in [7, 11) is 0. The Morgan fingerprint density at radius 1 is 1.50 bits per heavy atom. The minimum atomic E-state index is -0.824. The van der Waals surface area contributed by atoms with Gasteiger partial charge in [0.05, 0.1) is 6.54 Å². The third-order valence-electron chi connectivity index (χ3n) is 2.84. The highest BCUT2D eigenvalue weighted by atomic mass is 79.9. The van der Waals surface area contributed by atoms with Crippen LogP contribution in [0.5, 0.6) is 0 Å². The fourth-order valence-corrected chi connectivity index (χ4v) is 2.48. The molecule has 1 heterocycles. The lowest BCUT2D eigenvalue weighted by atomic mass is 10.0. The minimum Gasteiger partial charge on any atom is -0.375 e. The van der Waals surface area contributed by atoms with Crippen LogP contribution in [-0.2, 0) is 0 Å². The first-order valence-corrected chi connectivity index (χ1v) is 6.21. The third kappa shape index (κ3) is 2.72. The van der Waals surface area contributed by atoms with Crippen LogP contribution in [0, 0.1) is 0 Å². The number of nitrogens with one attached hydrogen (secondary N) is 1. The molecule has 1 aliphatic rings. The monoisotopic (exact) mass is 313 g/mol. The molecule has 0 aliphatic carbocycles. The van der Waals surface area contributed by atoms with Crippen molar-refractivity contribution in [3.05, 3.63) is 41.6 Å². The zero-order chi connectivity index (χ0) is 13.1. The van der Waals surface area contributed by atoms with Crippen LogP contribution < -0.4 is 17.1 Å². The smallest absolute Gasteiger partial charge is 0.134 e. The van der Waals surface area contributed by atoms with E-state index in [4.69, 9.17) is 11.7 Å². The molecular weight excluding hydrogens is 298 g/mol. The molecule has 1 aromatic rings. The number of halogens is 1. The number of hydrazine groups is 2. The van der Waals surface area contributed by atoms with E-state index in [1.807, 2.05) is 41.4 Å². The Bertz CT molecular complexity index is 439. The van der Waals surface area contributed by atoms with Gasteiger partial charge in [-0.05, 0) is 17.2 Å². The molecule has 1 aliphatic heterocycles. The second-order valence-corrected chi connectivity index (χ2v) is 4.86. The number of hydrogen-bond acceptors (Lipinski definition) is 6. The van der Waals surface area contributed by atoms with Crippen LogP contribution in [0.4, 0.5) is 0 Å². The molecule has 2 atom stereocenters. The predicted octanol–water partition coefficient (Wildman–Crippen LogP) is 0.239. The van der Waals surface area contributed by atoms with Crippen LogP contribution in [0.2, 0.25) is 0 Å². The molecule has 18 heavy (non-hydrogen) atoms. The summed E-state index contributed by atoms with van der Waals surface area (Å²) >= 11 is 3.26. The highest BCUT2D eigenvalue weighted by Crippen LogP contribution is 2.32. The Hall–Kier alpha value is -0.960. The fourth-order valence-electron chi connectivity index (χ4n) is 2.02. The lowest BCUT2D eigenvalue weighted by Gasteiger charge is -2.38. The van der Waals surface area contributed by atoms with Crippen LogP contribution >= 0.6 is 16.1 Å². The molecule has 0 saturated carbocycles. The van der Waals surface area contributed by atoms with Crippen molar-refractivity contribution in [1.82, 2.24) is 14.4 Å². The van der Waals surface area contributed by atoms with Crippen LogP contribution in [-0.4, -0.2) is 26.8 Å². The zero-order valence-electron chi connectivity index (χ0n) is 9.70. The van der Waals surface area contributed by atoms with Gasteiger partial charge in [0.1, 0.15) is 12.4 Å². The summed E-state index contributed by atoms with van der Waals surface area (Å²) in [6, 6.07) is 7.95. The van der Waals surface area contributed by atoms with Crippen LogP contribution in [0.15, 0.2) is 30.5 Å².